The minimum absolute atomic E-state index is 0.00907. The predicted octanol–water partition coefficient (Wildman–Crippen LogP) is 3.55. The molecule has 200 valence electrons. The molecular formula is C26H26ClN3O7S. The van der Waals surface area contributed by atoms with E-state index in [1.54, 1.807) is 42.5 Å². The molecule has 0 aliphatic rings. The lowest BCUT2D eigenvalue weighted by Gasteiger charge is -2.25. The van der Waals surface area contributed by atoms with Crippen molar-refractivity contribution in [2.24, 2.45) is 5.10 Å². The summed E-state index contributed by atoms with van der Waals surface area (Å²) < 4.78 is 43.3. The summed E-state index contributed by atoms with van der Waals surface area (Å²) in [5, 5.41) is 4.18. The van der Waals surface area contributed by atoms with Gasteiger partial charge in [0.1, 0.15) is 18.0 Å². The number of hydrazone groups is 1. The van der Waals surface area contributed by atoms with Gasteiger partial charge < -0.3 is 14.2 Å². The Kier molecular flexibility index (Phi) is 9.69. The van der Waals surface area contributed by atoms with E-state index in [1.165, 1.54) is 44.7 Å². The monoisotopic (exact) mass is 559 g/mol. The Morgan fingerprint density at radius 2 is 1.79 bits per heavy atom. The van der Waals surface area contributed by atoms with Crippen LogP contribution in [0.5, 0.6) is 11.5 Å². The van der Waals surface area contributed by atoms with Crippen molar-refractivity contribution in [3.8, 4) is 11.5 Å². The van der Waals surface area contributed by atoms with Crippen molar-refractivity contribution in [1.29, 1.82) is 0 Å². The lowest BCUT2D eigenvalue weighted by atomic mass is 10.2. The molecule has 0 aliphatic heterocycles. The van der Waals surface area contributed by atoms with Gasteiger partial charge in [0.15, 0.2) is 6.61 Å². The highest BCUT2D eigenvalue weighted by Crippen LogP contribution is 2.34. The first kappa shape index (κ1) is 28.5. The number of anilines is 1. The van der Waals surface area contributed by atoms with Gasteiger partial charge in [0.25, 0.3) is 15.9 Å². The molecule has 0 fully saturated rings. The zero-order chi connectivity index (χ0) is 27.7. The maximum atomic E-state index is 13.6. The molecule has 10 nitrogen and oxygen atoms in total. The molecule has 0 radical (unpaired) electrons. The summed E-state index contributed by atoms with van der Waals surface area (Å²) in [6.45, 7) is 0.971. The summed E-state index contributed by atoms with van der Waals surface area (Å²) >= 11 is 6.15. The van der Waals surface area contributed by atoms with Gasteiger partial charge in [-0.3, -0.25) is 9.10 Å². The maximum absolute atomic E-state index is 13.6. The van der Waals surface area contributed by atoms with E-state index in [4.69, 9.17) is 21.1 Å². The van der Waals surface area contributed by atoms with E-state index < -0.39 is 28.4 Å². The molecule has 0 spiro atoms. The first-order valence-corrected chi connectivity index (χ1v) is 13.0. The normalized spacial score (nSPS) is 11.2. The maximum Gasteiger partial charge on any atom is 0.343 e. The molecule has 0 atom stereocenters. The number of rotatable bonds is 11. The molecule has 3 aromatic carbocycles. The highest BCUT2D eigenvalue weighted by molar-refractivity contribution is 7.92. The van der Waals surface area contributed by atoms with Gasteiger partial charge in [0, 0.05) is 5.02 Å². The van der Waals surface area contributed by atoms with Crippen molar-refractivity contribution >= 4 is 45.4 Å². The number of nitrogens with zero attached hydrogens (tertiary/aromatic N) is 2. The van der Waals surface area contributed by atoms with Crippen molar-refractivity contribution in [2.45, 2.75) is 11.8 Å². The van der Waals surface area contributed by atoms with Crippen molar-refractivity contribution in [2.75, 3.05) is 31.7 Å². The molecule has 1 amide bonds. The summed E-state index contributed by atoms with van der Waals surface area (Å²) in [5.41, 5.74) is 3.86. The average Bonchev–Trinajstić information content (AvgIpc) is 2.90. The zero-order valence-corrected chi connectivity index (χ0v) is 22.5. The van der Waals surface area contributed by atoms with E-state index in [1.807, 2.05) is 6.92 Å². The Hall–Kier alpha value is -4.09. The summed E-state index contributed by atoms with van der Waals surface area (Å²) in [4.78, 5) is 24.1. The number of aryl methyl sites for hydroxylation is 1. The Morgan fingerprint density at radius 3 is 2.47 bits per heavy atom. The van der Waals surface area contributed by atoms with Crippen molar-refractivity contribution in [3.63, 3.8) is 0 Å². The summed E-state index contributed by atoms with van der Waals surface area (Å²) in [5.74, 6) is -0.630. The number of sulfonamides is 1. The van der Waals surface area contributed by atoms with Crippen LogP contribution in [0.2, 0.25) is 5.02 Å². The summed E-state index contributed by atoms with van der Waals surface area (Å²) in [6.07, 6.45) is 1.35. The molecule has 3 rings (SSSR count). The quantitative estimate of drug-likeness (QED) is 0.216. The number of amides is 1. The van der Waals surface area contributed by atoms with Gasteiger partial charge in [0.2, 0.25) is 0 Å². The van der Waals surface area contributed by atoms with Crippen molar-refractivity contribution < 1.29 is 32.2 Å². The van der Waals surface area contributed by atoms with Crippen LogP contribution in [-0.4, -0.2) is 53.9 Å². The van der Waals surface area contributed by atoms with Gasteiger partial charge in [-0.25, -0.2) is 18.6 Å². The van der Waals surface area contributed by atoms with Gasteiger partial charge in [-0.1, -0.05) is 41.4 Å². The molecule has 0 unspecified atom stereocenters. The summed E-state index contributed by atoms with van der Waals surface area (Å²) in [6, 6.07) is 17.3. The number of halogens is 1. The van der Waals surface area contributed by atoms with Gasteiger partial charge in [-0.2, -0.15) is 5.10 Å². The number of hydrogen-bond acceptors (Lipinski definition) is 8. The second-order valence-corrected chi connectivity index (χ2v) is 10.2. The van der Waals surface area contributed by atoms with Crippen LogP contribution in [0.15, 0.2) is 76.7 Å². The third kappa shape index (κ3) is 7.46. The third-order valence-electron chi connectivity index (χ3n) is 5.15. The highest BCUT2D eigenvalue weighted by Gasteiger charge is 2.29. The van der Waals surface area contributed by atoms with E-state index in [9.17, 15) is 18.0 Å². The third-order valence-corrected chi connectivity index (χ3v) is 7.16. The number of nitrogens with one attached hydrogen (secondary N) is 1. The minimum atomic E-state index is -4.19. The van der Waals surface area contributed by atoms with Gasteiger partial charge in [0.05, 0.1) is 31.0 Å². The van der Waals surface area contributed by atoms with E-state index >= 15 is 0 Å². The Morgan fingerprint density at radius 1 is 1.05 bits per heavy atom. The number of carbonyl (C=O) groups excluding carboxylic acids is 2. The number of hydrogen-bond donors (Lipinski definition) is 1. The van der Waals surface area contributed by atoms with E-state index in [0.29, 0.717) is 11.3 Å². The van der Waals surface area contributed by atoms with E-state index in [0.717, 1.165) is 9.87 Å². The minimum Gasteiger partial charge on any atom is -0.495 e. The first-order valence-electron chi connectivity index (χ1n) is 11.2. The average molecular weight is 560 g/mol. The van der Waals surface area contributed by atoms with Crippen LogP contribution >= 0.6 is 11.6 Å². The molecule has 3 aromatic rings. The van der Waals surface area contributed by atoms with E-state index in [2.05, 4.69) is 15.3 Å². The fraction of sp³-hybridized carbons (Fsp3) is 0.192. The number of benzene rings is 3. The van der Waals surface area contributed by atoms with Crippen LogP contribution in [0, 0.1) is 6.92 Å². The van der Waals surface area contributed by atoms with Crippen molar-refractivity contribution in [1.82, 2.24) is 5.43 Å². The largest absolute Gasteiger partial charge is 0.495 e. The molecule has 12 heteroatoms. The highest BCUT2D eigenvalue weighted by atomic mass is 35.5. The number of methoxy groups -OCH3 is 2. The van der Waals surface area contributed by atoms with Gasteiger partial charge >= 0.3 is 5.97 Å². The van der Waals surface area contributed by atoms with Crippen LogP contribution in [0.4, 0.5) is 5.69 Å². The second kappa shape index (κ2) is 12.9. The van der Waals surface area contributed by atoms with Crippen LogP contribution in [0.25, 0.3) is 0 Å². The fourth-order valence-electron chi connectivity index (χ4n) is 3.23. The lowest BCUT2D eigenvalue weighted by molar-refractivity contribution is -0.142. The van der Waals surface area contributed by atoms with Crippen molar-refractivity contribution in [3.05, 3.63) is 82.9 Å². The van der Waals surface area contributed by atoms with Gasteiger partial charge in [-0.05, 0) is 55.0 Å². The smallest absolute Gasteiger partial charge is 0.343 e. The number of esters is 1. The molecule has 0 aromatic heterocycles. The lowest BCUT2D eigenvalue weighted by Crippen LogP contribution is -2.39. The van der Waals surface area contributed by atoms with Crippen LogP contribution in [-0.2, 0) is 24.3 Å². The Bertz CT molecular complexity index is 1430. The Labute approximate surface area is 225 Å². The number of carbonyl (C=O) groups is 2. The van der Waals surface area contributed by atoms with Crippen LogP contribution < -0.4 is 19.2 Å². The van der Waals surface area contributed by atoms with Gasteiger partial charge in [-0.15, -0.1) is 0 Å². The molecule has 0 saturated heterocycles. The first-order chi connectivity index (χ1) is 18.1. The topological polar surface area (TPSA) is 124 Å². The fourth-order valence-corrected chi connectivity index (χ4v) is 4.82. The SMILES string of the molecule is COC(=O)COc1cccc(/C=N/NC(=O)CN(c2cc(Cl)ccc2OC)S(=O)(=O)c2ccc(C)cc2)c1. The predicted molar refractivity (Wildman–Crippen MR) is 143 cm³/mol. The second-order valence-electron chi connectivity index (χ2n) is 7.87. The molecule has 38 heavy (non-hydrogen) atoms. The molecule has 0 bridgehead atoms. The molecule has 0 saturated carbocycles. The number of ether oxygens (including phenoxy) is 3. The van der Waals surface area contributed by atoms with E-state index in [-0.39, 0.29) is 28.0 Å². The molecular weight excluding hydrogens is 534 g/mol. The zero-order valence-electron chi connectivity index (χ0n) is 20.9. The molecule has 0 heterocycles. The van der Waals surface area contributed by atoms with Crippen LogP contribution in [0.3, 0.4) is 0 Å². The molecule has 1 N–H and O–H groups in total. The molecule has 0 aliphatic carbocycles. The summed E-state index contributed by atoms with van der Waals surface area (Å²) in [7, 11) is -1.54. The standard InChI is InChI=1S/C26H26ClN3O7S/c1-18-7-10-22(11-8-18)38(33,34)30(23-14-20(27)9-12-24(23)35-2)16-25(31)29-28-15-19-5-4-6-21(13-19)37-17-26(32)36-3/h4-15H,16-17H2,1-3H3,(H,29,31)/b28-15+. The Balaban J connectivity index is 1.82. The van der Waals surface area contributed by atoms with Crippen LogP contribution in [0.1, 0.15) is 11.1 Å².